The molecule has 0 amide bonds. The third kappa shape index (κ3) is 20.4. The first-order chi connectivity index (χ1) is 22.2. The lowest BCUT2D eigenvalue weighted by atomic mass is 9.98. The highest BCUT2D eigenvalue weighted by atomic mass is 16.8. The molecule has 0 radical (unpaired) electrons. The highest BCUT2D eigenvalue weighted by Crippen LogP contribution is 2.42. The molecular formula is C42H72O3. The van der Waals surface area contributed by atoms with Gasteiger partial charge in [0.2, 0.25) is 0 Å². The number of carbonyl (C=O) groups excluding carboxylic acids is 1. The minimum Gasteiger partial charge on any atom is -0.344 e. The van der Waals surface area contributed by atoms with Crippen LogP contribution in [0.1, 0.15) is 194 Å². The zero-order valence-corrected chi connectivity index (χ0v) is 29.8. The van der Waals surface area contributed by atoms with Crippen molar-refractivity contribution in [3.05, 3.63) is 48.6 Å². The van der Waals surface area contributed by atoms with Crippen LogP contribution in [-0.4, -0.2) is 23.8 Å². The largest absolute Gasteiger partial charge is 0.344 e. The van der Waals surface area contributed by atoms with Gasteiger partial charge in [-0.05, 0) is 77.0 Å². The van der Waals surface area contributed by atoms with Crippen LogP contribution in [0.4, 0.5) is 0 Å². The van der Waals surface area contributed by atoms with E-state index in [4.69, 9.17) is 9.47 Å². The number of fused-ring (bicyclic) bond motifs is 1. The number of Topliss-reactive ketones (excluding diaryl/α,β-unsaturated/α-hetero) is 1. The van der Waals surface area contributed by atoms with Crippen molar-refractivity contribution >= 4 is 5.78 Å². The quantitative estimate of drug-likeness (QED) is 0.0589. The van der Waals surface area contributed by atoms with Crippen molar-refractivity contribution in [1.82, 2.24) is 0 Å². The zero-order valence-electron chi connectivity index (χ0n) is 29.8. The molecule has 1 saturated heterocycles. The summed E-state index contributed by atoms with van der Waals surface area (Å²) in [5.41, 5.74) is 0. The molecule has 1 heterocycles. The highest BCUT2D eigenvalue weighted by Gasteiger charge is 2.50. The van der Waals surface area contributed by atoms with Crippen LogP contribution in [0.5, 0.6) is 0 Å². The fourth-order valence-electron chi connectivity index (χ4n) is 6.74. The number of ketones is 1. The van der Waals surface area contributed by atoms with Gasteiger partial charge in [0.1, 0.15) is 5.78 Å². The van der Waals surface area contributed by atoms with E-state index in [1.54, 1.807) is 0 Å². The zero-order chi connectivity index (χ0) is 32.1. The van der Waals surface area contributed by atoms with Crippen molar-refractivity contribution in [3.63, 3.8) is 0 Å². The van der Waals surface area contributed by atoms with E-state index in [0.29, 0.717) is 18.6 Å². The van der Waals surface area contributed by atoms with Gasteiger partial charge in [-0.25, -0.2) is 0 Å². The van der Waals surface area contributed by atoms with Gasteiger partial charge >= 0.3 is 0 Å². The maximum absolute atomic E-state index is 11.9. The van der Waals surface area contributed by atoms with Crippen LogP contribution in [0, 0.1) is 0 Å². The number of allylic oxidation sites excluding steroid dienone is 8. The first-order valence-corrected chi connectivity index (χ1v) is 19.7. The summed E-state index contributed by atoms with van der Waals surface area (Å²) in [4.78, 5) is 11.9. The van der Waals surface area contributed by atoms with Crippen molar-refractivity contribution in [3.8, 4) is 0 Å². The monoisotopic (exact) mass is 625 g/mol. The Bertz CT molecular complexity index is 756. The molecule has 0 aromatic heterocycles. The van der Waals surface area contributed by atoms with Gasteiger partial charge in [0.25, 0.3) is 0 Å². The molecule has 258 valence electrons. The van der Waals surface area contributed by atoms with E-state index in [9.17, 15) is 4.79 Å². The number of carbonyl (C=O) groups is 1. The molecule has 1 saturated carbocycles. The first-order valence-electron chi connectivity index (χ1n) is 19.7. The maximum Gasteiger partial charge on any atom is 0.169 e. The molecule has 0 N–H and O–H groups in total. The highest BCUT2D eigenvalue weighted by molar-refractivity contribution is 5.82. The van der Waals surface area contributed by atoms with Crippen molar-refractivity contribution in [1.29, 1.82) is 0 Å². The van der Waals surface area contributed by atoms with Crippen LogP contribution in [0.3, 0.4) is 0 Å². The second-order valence-electron chi connectivity index (χ2n) is 13.8. The Hall–Kier alpha value is -1.45. The molecule has 0 aromatic rings. The molecule has 2 aliphatic rings. The summed E-state index contributed by atoms with van der Waals surface area (Å²) < 4.78 is 13.0. The van der Waals surface area contributed by atoms with Gasteiger partial charge in [-0.2, -0.15) is 0 Å². The van der Waals surface area contributed by atoms with Crippen LogP contribution < -0.4 is 0 Å². The minimum absolute atomic E-state index is 0.00621. The normalized spacial score (nSPS) is 22.0. The Morgan fingerprint density at radius 2 is 0.822 bits per heavy atom. The fourth-order valence-corrected chi connectivity index (χ4v) is 6.74. The molecular weight excluding hydrogens is 552 g/mol. The minimum atomic E-state index is -0.430. The first kappa shape index (κ1) is 39.7. The summed E-state index contributed by atoms with van der Waals surface area (Å²) in [5, 5.41) is 0. The smallest absolute Gasteiger partial charge is 0.169 e. The second-order valence-corrected chi connectivity index (χ2v) is 13.8. The lowest BCUT2D eigenvalue weighted by Gasteiger charge is -2.29. The van der Waals surface area contributed by atoms with Crippen molar-refractivity contribution < 1.29 is 14.3 Å². The van der Waals surface area contributed by atoms with Gasteiger partial charge < -0.3 is 9.47 Å². The summed E-state index contributed by atoms with van der Waals surface area (Å²) in [6, 6.07) is 0. The third-order valence-electron chi connectivity index (χ3n) is 9.52. The van der Waals surface area contributed by atoms with Crippen LogP contribution in [0.2, 0.25) is 0 Å². The van der Waals surface area contributed by atoms with Gasteiger partial charge in [0.15, 0.2) is 5.79 Å². The number of rotatable bonds is 30. The van der Waals surface area contributed by atoms with Gasteiger partial charge in [-0.1, -0.05) is 140 Å². The third-order valence-corrected chi connectivity index (χ3v) is 9.52. The van der Waals surface area contributed by atoms with Crippen LogP contribution in [0.15, 0.2) is 48.6 Å². The standard InChI is InChI=1S/C42H72O3/c1-3-5-7-9-11-13-15-17-19-21-23-25-27-29-31-33-35-42(44-40-37-39(43)38-41(40)45-42)36-34-32-30-28-26-24-22-20-18-16-14-12-10-8-6-4-2/h11-14,17-20,40-41H,3-10,15-16,21-38H2,1-2H3. The Morgan fingerprint density at radius 3 is 1.20 bits per heavy atom. The molecule has 1 aliphatic carbocycles. The van der Waals surface area contributed by atoms with Gasteiger partial charge in [0, 0.05) is 25.7 Å². The van der Waals surface area contributed by atoms with Crippen molar-refractivity contribution in [2.45, 2.75) is 212 Å². The molecule has 2 unspecified atom stereocenters. The van der Waals surface area contributed by atoms with Crippen LogP contribution >= 0.6 is 0 Å². The van der Waals surface area contributed by atoms with Gasteiger partial charge in [-0.3, -0.25) is 4.79 Å². The Balaban J connectivity index is 1.50. The summed E-state index contributed by atoms with van der Waals surface area (Å²) in [6.45, 7) is 4.52. The molecule has 3 heteroatoms. The molecule has 2 rings (SSSR count). The Morgan fingerprint density at radius 1 is 0.489 bits per heavy atom. The fraction of sp³-hybridized carbons (Fsp3) is 0.786. The molecule has 0 bridgehead atoms. The van der Waals surface area contributed by atoms with Gasteiger partial charge in [0.05, 0.1) is 12.2 Å². The molecule has 45 heavy (non-hydrogen) atoms. The van der Waals surface area contributed by atoms with E-state index in [2.05, 4.69) is 62.5 Å². The molecule has 2 fully saturated rings. The number of hydrogen-bond acceptors (Lipinski definition) is 3. The van der Waals surface area contributed by atoms with E-state index >= 15 is 0 Å². The average molecular weight is 625 g/mol. The van der Waals surface area contributed by atoms with E-state index in [1.807, 2.05) is 0 Å². The van der Waals surface area contributed by atoms with Gasteiger partial charge in [-0.15, -0.1) is 0 Å². The van der Waals surface area contributed by atoms with Crippen molar-refractivity contribution in [2.75, 3.05) is 0 Å². The van der Waals surface area contributed by atoms with Crippen LogP contribution in [-0.2, 0) is 14.3 Å². The number of unbranched alkanes of at least 4 members (excludes halogenated alkanes) is 18. The summed E-state index contributed by atoms with van der Waals surface area (Å²) >= 11 is 0. The van der Waals surface area contributed by atoms with E-state index in [0.717, 1.165) is 25.7 Å². The Labute approximate surface area is 279 Å². The predicted octanol–water partition coefficient (Wildman–Crippen LogP) is 13.2. The summed E-state index contributed by atoms with van der Waals surface area (Å²) in [7, 11) is 0. The average Bonchev–Trinajstić information content (AvgIpc) is 3.54. The lowest BCUT2D eigenvalue weighted by Crippen LogP contribution is -2.32. The lowest BCUT2D eigenvalue weighted by molar-refractivity contribution is -0.190. The number of hydrogen-bond donors (Lipinski definition) is 0. The van der Waals surface area contributed by atoms with E-state index in [-0.39, 0.29) is 12.2 Å². The maximum atomic E-state index is 11.9. The van der Waals surface area contributed by atoms with Crippen LogP contribution in [0.25, 0.3) is 0 Å². The molecule has 0 aromatic carbocycles. The second kappa shape index (κ2) is 27.6. The Kier molecular flexibility index (Phi) is 24.4. The molecule has 2 atom stereocenters. The SMILES string of the molecule is CCCCCC=CCC=CCCCCCCCCC1(CCCCCCCCC=CCC=CCCCCC)OC2CC(=O)CC2O1. The van der Waals surface area contributed by atoms with E-state index in [1.165, 1.54) is 141 Å². The summed E-state index contributed by atoms with van der Waals surface area (Å²) in [5.74, 6) is -0.124. The predicted molar refractivity (Wildman–Crippen MR) is 195 cm³/mol. The molecule has 3 nitrogen and oxygen atoms in total. The molecule has 1 aliphatic heterocycles. The van der Waals surface area contributed by atoms with Crippen molar-refractivity contribution in [2.24, 2.45) is 0 Å². The molecule has 0 spiro atoms. The van der Waals surface area contributed by atoms with E-state index < -0.39 is 5.79 Å². The summed E-state index contributed by atoms with van der Waals surface area (Å²) in [6.07, 6.45) is 52.2. The topological polar surface area (TPSA) is 35.5 Å². The number of ether oxygens (including phenoxy) is 2.